The lowest BCUT2D eigenvalue weighted by molar-refractivity contribution is 0.461. The molecule has 21 heavy (non-hydrogen) atoms. The Morgan fingerprint density at radius 1 is 1.29 bits per heavy atom. The van der Waals surface area contributed by atoms with Gasteiger partial charge in [0.15, 0.2) is 0 Å². The van der Waals surface area contributed by atoms with Crippen LogP contribution in [-0.4, -0.2) is 26.5 Å². The van der Waals surface area contributed by atoms with Crippen LogP contribution in [0.25, 0.3) is 10.8 Å². The molecule has 3 N–H and O–H groups in total. The van der Waals surface area contributed by atoms with E-state index >= 15 is 0 Å². The van der Waals surface area contributed by atoms with Gasteiger partial charge >= 0.3 is 0 Å². The van der Waals surface area contributed by atoms with Gasteiger partial charge in [0.1, 0.15) is 0 Å². The number of nitrogens with zero attached hydrogens (tertiary/aromatic N) is 1. The SMILES string of the molecule is NCCC1(CNS(=O)(=O)c2cccc3cnccc23)CC1. The van der Waals surface area contributed by atoms with Gasteiger partial charge in [0.05, 0.1) is 4.90 Å². The molecule has 0 aliphatic heterocycles. The standard InChI is InChI=1S/C15H19N3O2S/c16-8-7-15(5-6-15)11-18-21(19,20)14-3-1-2-12-10-17-9-4-13(12)14/h1-4,9-10,18H,5-8,11,16H2. The Hall–Kier alpha value is -1.50. The number of fused-ring (bicyclic) bond motifs is 1. The molecule has 1 fully saturated rings. The summed E-state index contributed by atoms with van der Waals surface area (Å²) in [6, 6.07) is 6.97. The first-order valence-corrected chi connectivity index (χ1v) is 8.57. The summed E-state index contributed by atoms with van der Waals surface area (Å²) < 4.78 is 27.9. The normalized spacial score (nSPS) is 17.0. The summed E-state index contributed by atoms with van der Waals surface area (Å²) in [7, 11) is -3.52. The maximum atomic E-state index is 12.6. The van der Waals surface area contributed by atoms with Crippen molar-refractivity contribution in [1.29, 1.82) is 0 Å². The van der Waals surface area contributed by atoms with E-state index in [2.05, 4.69) is 9.71 Å². The van der Waals surface area contributed by atoms with Crippen molar-refractivity contribution in [2.24, 2.45) is 11.1 Å². The average Bonchev–Trinajstić information content (AvgIpc) is 3.25. The van der Waals surface area contributed by atoms with E-state index in [4.69, 9.17) is 5.73 Å². The molecular formula is C15H19N3O2S. The Morgan fingerprint density at radius 2 is 2.10 bits per heavy atom. The van der Waals surface area contributed by atoms with Gasteiger partial charge in [-0.25, -0.2) is 13.1 Å². The first kappa shape index (κ1) is 14.4. The molecule has 0 atom stereocenters. The number of rotatable bonds is 6. The summed E-state index contributed by atoms with van der Waals surface area (Å²) in [6.07, 6.45) is 6.25. The van der Waals surface area contributed by atoms with Crippen LogP contribution in [0.4, 0.5) is 0 Å². The highest BCUT2D eigenvalue weighted by Crippen LogP contribution is 2.48. The number of pyridine rings is 1. The highest BCUT2D eigenvalue weighted by molar-refractivity contribution is 7.89. The first-order chi connectivity index (χ1) is 10.1. The van der Waals surface area contributed by atoms with E-state index in [0.29, 0.717) is 23.4 Å². The Kier molecular flexibility index (Phi) is 3.69. The quantitative estimate of drug-likeness (QED) is 0.849. The van der Waals surface area contributed by atoms with Crippen molar-refractivity contribution in [2.75, 3.05) is 13.1 Å². The number of benzene rings is 1. The topological polar surface area (TPSA) is 85.1 Å². The fourth-order valence-electron chi connectivity index (χ4n) is 2.65. The fourth-order valence-corrected chi connectivity index (χ4v) is 4.04. The number of hydrogen-bond donors (Lipinski definition) is 2. The molecule has 0 amide bonds. The van der Waals surface area contributed by atoms with Crippen molar-refractivity contribution in [3.8, 4) is 0 Å². The van der Waals surface area contributed by atoms with Crippen LogP contribution >= 0.6 is 0 Å². The first-order valence-electron chi connectivity index (χ1n) is 7.09. The minimum atomic E-state index is -3.52. The maximum Gasteiger partial charge on any atom is 0.241 e. The molecule has 0 saturated heterocycles. The molecule has 0 unspecified atom stereocenters. The third kappa shape index (κ3) is 2.92. The second-order valence-electron chi connectivity index (χ2n) is 5.72. The van der Waals surface area contributed by atoms with Crippen molar-refractivity contribution in [3.05, 3.63) is 36.7 Å². The number of aromatic nitrogens is 1. The predicted molar refractivity (Wildman–Crippen MR) is 82.3 cm³/mol. The molecular weight excluding hydrogens is 286 g/mol. The molecule has 5 nitrogen and oxygen atoms in total. The lowest BCUT2D eigenvalue weighted by atomic mass is 10.0. The lowest BCUT2D eigenvalue weighted by Gasteiger charge is -2.15. The van der Waals surface area contributed by atoms with E-state index in [1.807, 2.05) is 6.07 Å². The zero-order valence-corrected chi connectivity index (χ0v) is 12.6. The number of sulfonamides is 1. The molecule has 1 aromatic heterocycles. The maximum absolute atomic E-state index is 12.6. The third-order valence-electron chi connectivity index (χ3n) is 4.20. The monoisotopic (exact) mass is 305 g/mol. The predicted octanol–water partition coefficient (Wildman–Crippen LogP) is 1.64. The molecule has 1 saturated carbocycles. The fraction of sp³-hybridized carbons (Fsp3) is 0.400. The van der Waals surface area contributed by atoms with Crippen molar-refractivity contribution in [2.45, 2.75) is 24.2 Å². The molecule has 0 radical (unpaired) electrons. The van der Waals surface area contributed by atoms with E-state index in [9.17, 15) is 8.42 Å². The molecule has 1 heterocycles. The van der Waals surface area contributed by atoms with Crippen LogP contribution in [0.1, 0.15) is 19.3 Å². The van der Waals surface area contributed by atoms with Crippen LogP contribution < -0.4 is 10.5 Å². The van der Waals surface area contributed by atoms with Crippen LogP contribution in [0, 0.1) is 5.41 Å². The summed E-state index contributed by atoms with van der Waals surface area (Å²) in [5, 5.41) is 1.52. The van der Waals surface area contributed by atoms with Gasteiger partial charge in [-0.2, -0.15) is 0 Å². The summed E-state index contributed by atoms with van der Waals surface area (Å²) in [5.41, 5.74) is 5.67. The molecule has 2 aromatic rings. The second kappa shape index (κ2) is 5.36. The van der Waals surface area contributed by atoms with E-state index in [1.54, 1.807) is 30.6 Å². The highest BCUT2D eigenvalue weighted by atomic mass is 32.2. The summed E-state index contributed by atoms with van der Waals surface area (Å²) >= 11 is 0. The number of nitrogens with two attached hydrogens (primary N) is 1. The van der Waals surface area contributed by atoms with Gasteiger partial charge < -0.3 is 5.73 Å². The van der Waals surface area contributed by atoms with Gasteiger partial charge in [0.2, 0.25) is 10.0 Å². The minimum Gasteiger partial charge on any atom is -0.330 e. The van der Waals surface area contributed by atoms with E-state index in [0.717, 1.165) is 24.6 Å². The van der Waals surface area contributed by atoms with Gasteiger partial charge in [0.25, 0.3) is 0 Å². The van der Waals surface area contributed by atoms with Crippen LogP contribution in [0.15, 0.2) is 41.6 Å². The van der Waals surface area contributed by atoms with Gasteiger partial charge in [-0.05, 0) is 43.4 Å². The second-order valence-corrected chi connectivity index (χ2v) is 7.45. The van der Waals surface area contributed by atoms with Crippen molar-refractivity contribution >= 4 is 20.8 Å². The lowest BCUT2D eigenvalue weighted by Crippen LogP contribution is -2.31. The van der Waals surface area contributed by atoms with E-state index in [-0.39, 0.29) is 5.41 Å². The molecule has 3 rings (SSSR count). The van der Waals surface area contributed by atoms with Gasteiger partial charge in [-0.15, -0.1) is 0 Å². The van der Waals surface area contributed by atoms with Crippen molar-refractivity contribution in [3.63, 3.8) is 0 Å². The van der Waals surface area contributed by atoms with Gasteiger partial charge in [-0.1, -0.05) is 12.1 Å². The summed E-state index contributed by atoms with van der Waals surface area (Å²) in [6.45, 7) is 1.07. The molecule has 0 bridgehead atoms. The van der Waals surface area contributed by atoms with Gasteiger partial charge in [-0.3, -0.25) is 4.98 Å². The Morgan fingerprint density at radius 3 is 2.81 bits per heavy atom. The molecule has 1 aliphatic carbocycles. The molecule has 1 aliphatic rings. The Bertz CT molecular complexity index is 749. The van der Waals surface area contributed by atoms with Crippen LogP contribution in [-0.2, 0) is 10.0 Å². The zero-order valence-electron chi connectivity index (χ0n) is 11.7. The molecule has 6 heteroatoms. The Balaban J connectivity index is 1.87. The Labute approximate surface area is 124 Å². The van der Waals surface area contributed by atoms with Crippen LogP contribution in [0.5, 0.6) is 0 Å². The number of nitrogens with one attached hydrogen (secondary N) is 1. The zero-order chi connectivity index (χ0) is 14.9. The number of hydrogen-bond acceptors (Lipinski definition) is 4. The smallest absolute Gasteiger partial charge is 0.241 e. The summed E-state index contributed by atoms with van der Waals surface area (Å²) in [5.74, 6) is 0. The molecule has 1 aromatic carbocycles. The summed E-state index contributed by atoms with van der Waals surface area (Å²) in [4.78, 5) is 4.34. The molecule has 0 spiro atoms. The average molecular weight is 305 g/mol. The highest BCUT2D eigenvalue weighted by Gasteiger charge is 2.42. The van der Waals surface area contributed by atoms with Crippen molar-refractivity contribution in [1.82, 2.24) is 9.71 Å². The van der Waals surface area contributed by atoms with Crippen LogP contribution in [0.3, 0.4) is 0 Å². The van der Waals surface area contributed by atoms with Crippen molar-refractivity contribution < 1.29 is 8.42 Å². The largest absolute Gasteiger partial charge is 0.330 e. The van der Waals surface area contributed by atoms with Crippen LogP contribution in [0.2, 0.25) is 0 Å². The van der Waals surface area contributed by atoms with Gasteiger partial charge in [0, 0.05) is 29.7 Å². The molecule has 112 valence electrons. The minimum absolute atomic E-state index is 0.0773. The van der Waals surface area contributed by atoms with E-state index < -0.39 is 10.0 Å². The van der Waals surface area contributed by atoms with E-state index in [1.165, 1.54) is 0 Å². The third-order valence-corrected chi connectivity index (χ3v) is 5.66.